The summed E-state index contributed by atoms with van der Waals surface area (Å²) in [7, 11) is 0. The van der Waals surface area contributed by atoms with E-state index >= 15 is 0 Å². The molecule has 0 radical (unpaired) electrons. The van der Waals surface area contributed by atoms with Gasteiger partial charge in [-0.25, -0.2) is 0 Å². The molecule has 0 aromatic heterocycles. The van der Waals surface area contributed by atoms with Crippen LogP contribution in [0.4, 0.5) is 5.69 Å². The van der Waals surface area contributed by atoms with E-state index < -0.39 is 6.10 Å². The summed E-state index contributed by atoms with van der Waals surface area (Å²) in [6.07, 6.45) is -0.479. The highest BCUT2D eigenvalue weighted by atomic mass is 16.6. The Labute approximate surface area is 117 Å². The van der Waals surface area contributed by atoms with Crippen LogP contribution in [0.15, 0.2) is 24.3 Å². The maximum atomic E-state index is 10.9. The van der Waals surface area contributed by atoms with Gasteiger partial charge >= 0.3 is 0 Å². The summed E-state index contributed by atoms with van der Waals surface area (Å²) >= 11 is 0. The zero-order valence-corrected chi connectivity index (χ0v) is 11.4. The lowest BCUT2D eigenvalue weighted by Gasteiger charge is -2.12. The number of hydrogen-bond donors (Lipinski definition) is 2. The van der Waals surface area contributed by atoms with E-state index in [1.54, 1.807) is 24.3 Å². The molecule has 1 heterocycles. The Morgan fingerprint density at radius 2 is 2.15 bits per heavy atom. The predicted octanol–water partition coefficient (Wildman–Crippen LogP) is 0.800. The Bertz CT molecular complexity index is 430. The summed E-state index contributed by atoms with van der Waals surface area (Å²) in [6.45, 7) is 3.10. The maximum Gasteiger partial charge on any atom is 0.221 e. The molecule has 6 heteroatoms. The lowest BCUT2D eigenvalue weighted by molar-refractivity contribution is -0.114. The van der Waals surface area contributed by atoms with E-state index in [0.29, 0.717) is 18.0 Å². The molecule has 1 fully saturated rings. The van der Waals surface area contributed by atoms with Crippen molar-refractivity contribution in [2.75, 3.05) is 31.7 Å². The molecule has 0 aliphatic carbocycles. The first kappa shape index (κ1) is 14.8. The molecule has 1 aliphatic rings. The minimum absolute atomic E-state index is 0.120. The maximum absolute atomic E-state index is 10.9. The van der Waals surface area contributed by atoms with Crippen LogP contribution in [0.2, 0.25) is 0 Å². The molecule has 2 atom stereocenters. The number of nitrogens with one attached hydrogen (secondary N) is 1. The van der Waals surface area contributed by atoms with Crippen LogP contribution in [0.1, 0.15) is 6.92 Å². The van der Waals surface area contributed by atoms with Crippen molar-refractivity contribution in [3.05, 3.63) is 24.3 Å². The van der Waals surface area contributed by atoms with Gasteiger partial charge in [-0.3, -0.25) is 4.79 Å². The van der Waals surface area contributed by atoms with Gasteiger partial charge in [-0.15, -0.1) is 0 Å². The van der Waals surface area contributed by atoms with Crippen LogP contribution < -0.4 is 10.1 Å². The molecule has 2 N–H and O–H groups in total. The average Bonchev–Trinajstić information content (AvgIpc) is 3.21. The fraction of sp³-hybridized carbons (Fsp3) is 0.500. The zero-order chi connectivity index (χ0) is 14.4. The number of hydrogen-bond acceptors (Lipinski definition) is 5. The van der Waals surface area contributed by atoms with Gasteiger partial charge in [0.25, 0.3) is 0 Å². The summed E-state index contributed by atoms with van der Waals surface area (Å²) in [5.41, 5.74) is 0.707. The highest BCUT2D eigenvalue weighted by molar-refractivity contribution is 5.88. The molecule has 1 saturated heterocycles. The molecular weight excluding hydrogens is 262 g/mol. The topological polar surface area (TPSA) is 80.3 Å². The smallest absolute Gasteiger partial charge is 0.221 e. The van der Waals surface area contributed by atoms with Gasteiger partial charge in [0.2, 0.25) is 5.91 Å². The van der Waals surface area contributed by atoms with E-state index in [0.717, 1.165) is 6.61 Å². The van der Waals surface area contributed by atoms with Crippen LogP contribution in [-0.4, -0.2) is 49.6 Å². The molecule has 0 bridgehead atoms. The molecule has 1 aromatic carbocycles. The van der Waals surface area contributed by atoms with E-state index in [1.807, 2.05) is 0 Å². The minimum Gasteiger partial charge on any atom is -0.491 e. The number of carbonyl (C=O) groups is 1. The number of anilines is 1. The van der Waals surface area contributed by atoms with E-state index in [9.17, 15) is 9.90 Å². The van der Waals surface area contributed by atoms with Crippen LogP contribution in [0.25, 0.3) is 0 Å². The fourth-order valence-corrected chi connectivity index (χ4v) is 1.58. The number of aliphatic hydroxyl groups is 1. The first-order valence-electron chi connectivity index (χ1n) is 6.51. The number of ether oxygens (including phenoxy) is 3. The molecule has 110 valence electrons. The van der Waals surface area contributed by atoms with E-state index in [-0.39, 0.29) is 25.2 Å². The second-order valence-corrected chi connectivity index (χ2v) is 4.66. The minimum atomic E-state index is -0.677. The van der Waals surface area contributed by atoms with E-state index in [4.69, 9.17) is 14.2 Å². The van der Waals surface area contributed by atoms with E-state index in [2.05, 4.69) is 5.32 Å². The number of benzene rings is 1. The third-order valence-corrected chi connectivity index (χ3v) is 2.63. The molecule has 1 aromatic rings. The number of epoxide rings is 1. The number of carbonyl (C=O) groups excluding carboxylic acids is 1. The first-order chi connectivity index (χ1) is 9.63. The Morgan fingerprint density at radius 1 is 1.45 bits per heavy atom. The van der Waals surface area contributed by atoms with Crippen LogP contribution in [-0.2, 0) is 14.3 Å². The highest BCUT2D eigenvalue weighted by Crippen LogP contribution is 2.16. The highest BCUT2D eigenvalue weighted by Gasteiger charge is 2.22. The molecule has 0 spiro atoms. The number of amides is 1. The van der Waals surface area contributed by atoms with E-state index in [1.165, 1.54) is 6.92 Å². The quantitative estimate of drug-likeness (QED) is 0.689. The first-order valence-corrected chi connectivity index (χ1v) is 6.51. The fourth-order valence-electron chi connectivity index (χ4n) is 1.58. The number of rotatable bonds is 8. The van der Waals surface area contributed by atoms with Crippen molar-refractivity contribution in [2.24, 2.45) is 0 Å². The van der Waals surface area contributed by atoms with Crippen LogP contribution in [0.5, 0.6) is 5.75 Å². The van der Waals surface area contributed by atoms with Gasteiger partial charge < -0.3 is 24.6 Å². The third kappa shape index (κ3) is 5.56. The zero-order valence-electron chi connectivity index (χ0n) is 11.4. The van der Waals surface area contributed by atoms with Crippen molar-refractivity contribution >= 4 is 11.6 Å². The lowest BCUT2D eigenvalue weighted by atomic mass is 10.3. The average molecular weight is 281 g/mol. The molecule has 20 heavy (non-hydrogen) atoms. The van der Waals surface area contributed by atoms with Crippen LogP contribution >= 0.6 is 0 Å². The normalized spacial score (nSPS) is 18.4. The largest absolute Gasteiger partial charge is 0.491 e. The van der Waals surface area contributed by atoms with Crippen LogP contribution in [0.3, 0.4) is 0 Å². The Kier molecular flexibility index (Phi) is 5.34. The Morgan fingerprint density at radius 3 is 2.75 bits per heavy atom. The summed E-state index contributed by atoms with van der Waals surface area (Å²) in [4.78, 5) is 10.9. The number of aliphatic hydroxyl groups excluding tert-OH is 1. The summed E-state index contributed by atoms with van der Waals surface area (Å²) in [5.74, 6) is 0.509. The van der Waals surface area contributed by atoms with Gasteiger partial charge in [-0.05, 0) is 24.3 Å². The molecule has 2 rings (SSSR count). The SMILES string of the molecule is CC(=O)Nc1ccc(OCC(O)COCC2CO2)cc1. The van der Waals surface area contributed by atoms with Crippen molar-refractivity contribution in [2.45, 2.75) is 19.1 Å². The Hall–Kier alpha value is -1.63. The van der Waals surface area contributed by atoms with Crippen LogP contribution in [0, 0.1) is 0 Å². The van der Waals surface area contributed by atoms with Gasteiger partial charge in [0, 0.05) is 12.6 Å². The second kappa shape index (κ2) is 7.23. The van der Waals surface area contributed by atoms with Gasteiger partial charge in [-0.1, -0.05) is 0 Å². The van der Waals surface area contributed by atoms with Crippen molar-refractivity contribution < 1.29 is 24.1 Å². The van der Waals surface area contributed by atoms with Gasteiger partial charge in [0.1, 0.15) is 24.6 Å². The molecule has 6 nitrogen and oxygen atoms in total. The predicted molar refractivity (Wildman–Crippen MR) is 72.8 cm³/mol. The van der Waals surface area contributed by atoms with Crippen molar-refractivity contribution in [1.82, 2.24) is 0 Å². The van der Waals surface area contributed by atoms with Crippen molar-refractivity contribution in [3.63, 3.8) is 0 Å². The van der Waals surface area contributed by atoms with Gasteiger partial charge in [-0.2, -0.15) is 0 Å². The monoisotopic (exact) mass is 281 g/mol. The summed E-state index contributed by atoms with van der Waals surface area (Å²) in [5, 5.41) is 12.3. The molecular formula is C14H19NO5. The second-order valence-electron chi connectivity index (χ2n) is 4.66. The van der Waals surface area contributed by atoms with Crippen molar-refractivity contribution in [1.29, 1.82) is 0 Å². The lowest BCUT2D eigenvalue weighted by Crippen LogP contribution is -2.24. The standard InChI is InChI=1S/C14H19NO5/c1-10(16)15-11-2-4-13(5-3-11)19-7-12(17)6-18-8-14-9-20-14/h2-5,12,14,17H,6-9H2,1H3,(H,15,16). The summed E-state index contributed by atoms with van der Waals surface area (Å²) < 4.78 is 15.7. The van der Waals surface area contributed by atoms with Gasteiger partial charge in [0.05, 0.1) is 19.8 Å². The molecule has 1 amide bonds. The third-order valence-electron chi connectivity index (χ3n) is 2.63. The molecule has 0 saturated carbocycles. The molecule has 2 unspecified atom stereocenters. The molecule has 1 aliphatic heterocycles. The van der Waals surface area contributed by atoms with Gasteiger partial charge in [0.15, 0.2) is 0 Å². The summed E-state index contributed by atoms with van der Waals surface area (Å²) in [6, 6.07) is 6.95. The Balaban J connectivity index is 1.65. The van der Waals surface area contributed by atoms with Crippen molar-refractivity contribution in [3.8, 4) is 5.75 Å².